The van der Waals surface area contributed by atoms with Crippen molar-refractivity contribution in [2.24, 2.45) is 17.3 Å². The Morgan fingerprint density at radius 2 is 1.86 bits per heavy atom. The van der Waals surface area contributed by atoms with Gasteiger partial charge in [0, 0.05) is 17.4 Å². The van der Waals surface area contributed by atoms with Crippen LogP contribution in [-0.2, 0) is 9.59 Å². The number of carbonyl (C=O) groups is 2. The van der Waals surface area contributed by atoms with Gasteiger partial charge >= 0.3 is 5.97 Å². The predicted octanol–water partition coefficient (Wildman–Crippen LogP) is 2.83. The van der Waals surface area contributed by atoms with E-state index in [1.165, 1.54) is 0 Å². The Hall–Kier alpha value is -3.55. The van der Waals surface area contributed by atoms with Crippen molar-refractivity contribution in [2.45, 2.75) is 13.8 Å². The van der Waals surface area contributed by atoms with Crippen molar-refractivity contribution in [3.63, 3.8) is 0 Å². The van der Waals surface area contributed by atoms with E-state index in [1.807, 2.05) is 18.2 Å². The molecule has 4 rings (SSSR count). The first-order valence-corrected chi connectivity index (χ1v) is 8.86. The second-order valence-electron chi connectivity index (χ2n) is 7.40. The van der Waals surface area contributed by atoms with E-state index in [0.717, 1.165) is 5.56 Å². The first kappa shape index (κ1) is 17.8. The summed E-state index contributed by atoms with van der Waals surface area (Å²) in [5.41, 5.74) is 1.55. The molecule has 3 aromatic rings. The van der Waals surface area contributed by atoms with Gasteiger partial charge in [-0.15, -0.1) is 0 Å². The highest BCUT2D eigenvalue weighted by Crippen LogP contribution is 2.58. The fourth-order valence-corrected chi connectivity index (χ4v) is 3.52. The number of carboxylic acid groups (broad SMARTS) is 1. The standard InChI is InChI=1S/C20H19N5O3/c1-20(2)14(15(20)19(27)28)18(26)22-12-8-6-11(7-9-12)16-23-17(25-24-16)13-5-3-4-10-21-13/h3-10,14-15H,1-2H3,(H,22,26)(H,27,28)(H,23,24,25)/t14-,15+/m1/s1. The topological polar surface area (TPSA) is 121 Å². The molecule has 8 nitrogen and oxygen atoms in total. The molecule has 1 fully saturated rings. The summed E-state index contributed by atoms with van der Waals surface area (Å²) in [4.78, 5) is 32.3. The summed E-state index contributed by atoms with van der Waals surface area (Å²) < 4.78 is 0. The lowest BCUT2D eigenvalue weighted by Gasteiger charge is -2.06. The van der Waals surface area contributed by atoms with Crippen molar-refractivity contribution in [2.75, 3.05) is 5.32 Å². The zero-order valence-electron chi connectivity index (χ0n) is 15.4. The minimum absolute atomic E-state index is 0.277. The van der Waals surface area contributed by atoms with Gasteiger partial charge in [0.25, 0.3) is 0 Å². The zero-order chi connectivity index (χ0) is 19.9. The molecule has 0 aliphatic heterocycles. The molecular weight excluding hydrogens is 358 g/mol. The van der Waals surface area contributed by atoms with Crippen LogP contribution in [0.2, 0.25) is 0 Å². The van der Waals surface area contributed by atoms with Gasteiger partial charge < -0.3 is 10.4 Å². The van der Waals surface area contributed by atoms with E-state index in [-0.39, 0.29) is 5.91 Å². The molecule has 0 spiro atoms. The number of nitrogens with zero attached hydrogens (tertiary/aromatic N) is 3. The fraction of sp³-hybridized carbons (Fsp3) is 0.250. The van der Waals surface area contributed by atoms with Gasteiger partial charge in [-0.05, 0) is 41.8 Å². The van der Waals surface area contributed by atoms with Crippen molar-refractivity contribution in [1.29, 1.82) is 0 Å². The zero-order valence-corrected chi connectivity index (χ0v) is 15.4. The van der Waals surface area contributed by atoms with Gasteiger partial charge in [-0.25, -0.2) is 4.98 Å². The van der Waals surface area contributed by atoms with Crippen LogP contribution in [0.5, 0.6) is 0 Å². The minimum Gasteiger partial charge on any atom is -0.481 e. The number of rotatable bonds is 5. The summed E-state index contributed by atoms with van der Waals surface area (Å²) in [5.74, 6) is -1.30. The maximum atomic E-state index is 12.4. The summed E-state index contributed by atoms with van der Waals surface area (Å²) in [7, 11) is 0. The largest absolute Gasteiger partial charge is 0.481 e. The number of H-pyrrole nitrogens is 1. The lowest BCUT2D eigenvalue weighted by atomic mass is 10.1. The molecule has 0 bridgehead atoms. The highest BCUT2D eigenvalue weighted by Gasteiger charge is 2.65. The molecular formula is C20H19N5O3. The second-order valence-corrected chi connectivity index (χ2v) is 7.40. The number of aromatic nitrogens is 4. The third-order valence-electron chi connectivity index (χ3n) is 5.18. The summed E-state index contributed by atoms with van der Waals surface area (Å²) in [6.45, 7) is 3.59. The Balaban J connectivity index is 1.46. The minimum atomic E-state index is -0.936. The molecule has 1 saturated carbocycles. The van der Waals surface area contributed by atoms with Crippen LogP contribution in [0.15, 0.2) is 48.7 Å². The molecule has 28 heavy (non-hydrogen) atoms. The number of aliphatic carboxylic acids is 1. The Kier molecular flexibility index (Phi) is 4.18. The number of amides is 1. The highest BCUT2D eigenvalue weighted by atomic mass is 16.4. The van der Waals surface area contributed by atoms with Crippen LogP contribution in [0.25, 0.3) is 22.9 Å². The first-order chi connectivity index (χ1) is 13.4. The highest BCUT2D eigenvalue weighted by molar-refractivity contribution is 5.99. The van der Waals surface area contributed by atoms with Gasteiger partial charge in [-0.1, -0.05) is 19.9 Å². The smallest absolute Gasteiger partial charge is 0.307 e. The van der Waals surface area contributed by atoms with Crippen LogP contribution in [0.3, 0.4) is 0 Å². The van der Waals surface area contributed by atoms with Crippen LogP contribution in [0.4, 0.5) is 5.69 Å². The number of nitrogens with one attached hydrogen (secondary N) is 2. The molecule has 142 valence electrons. The lowest BCUT2D eigenvalue weighted by molar-refractivity contribution is -0.140. The molecule has 1 aromatic carbocycles. The molecule has 0 saturated heterocycles. The molecule has 2 aromatic heterocycles. The van der Waals surface area contributed by atoms with Crippen LogP contribution < -0.4 is 5.32 Å². The van der Waals surface area contributed by atoms with Crippen LogP contribution in [-0.4, -0.2) is 37.1 Å². The Morgan fingerprint density at radius 3 is 2.46 bits per heavy atom. The van der Waals surface area contributed by atoms with E-state index in [4.69, 9.17) is 0 Å². The lowest BCUT2D eigenvalue weighted by Crippen LogP contribution is -2.17. The molecule has 8 heteroatoms. The number of anilines is 1. The van der Waals surface area contributed by atoms with Gasteiger partial charge in [0.15, 0.2) is 11.6 Å². The van der Waals surface area contributed by atoms with E-state index >= 15 is 0 Å². The van der Waals surface area contributed by atoms with E-state index in [2.05, 4.69) is 25.5 Å². The summed E-state index contributed by atoms with van der Waals surface area (Å²) in [6.07, 6.45) is 1.69. The maximum Gasteiger partial charge on any atom is 0.307 e. The molecule has 1 aliphatic carbocycles. The average Bonchev–Trinajstić information content (AvgIpc) is 3.03. The molecule has 1 amide bonds. The van der Waals surface area contributed by atoms with E-state index < -0.39 is 23.2 Å². The van der Waals surface area contributed by atoms with Crippen molar-refractivity contribution < 1.29 is 14.7 Å². The van der Waals surface area contributed by atoms with Gasteiger partial charge in [0.05, 0.1) is 11.8 Å². The maximum absolute atomic E-state index is 12.4. The SMILES string of the molecule is CC1(C)[C@H](C(=O)O)[C@@H]1C(=O)Nc1ccc(-c2n[nH]c(-c3ccccn3)n2)cc1. The number of carboxylic acids is 1. The van der Waals surface area contributed by atoms with Crippen molar-refractivity contribution in [1.82, 2.24) is 20.2 Å². The second kappa shape index (κ2) is 6.56. The van der Waals surface area contributed by atoms with Crippen molar-refractivity contribution in [3.05, 3.63) is 48.7 Å². The first-order valence-electron chi connectivity index (χ1n) is 8.86. The molecule has 3 N–H and O–H groups in total. The van der Waals surface area contributed by atoms with Crippen LogP contribution in [0.1, 0.15) is 13.8 Å². The third-order valence-corrected chi connectivity index (χ3v) is 5.18. The Morgan fingerprint density at radius 1 is 1.11 bits per heavy atom. The summed E-state index contributed by atoms with van der Waals surface area (Å²) in [5, 5.41) is 19.1. The third kappa shape index (κ3) is 3.13. The molecule has 0 unspecified atom stereocenters. The number of carbonyl (C=O) groups excluding carboxylic acids is 1. The number of benzene rings is 1. The van der Waals surface area contributed by atoms with Crippen molar-refractivity contribution >= 4 is 17.6 Å². The summed E-state index contributed by atoms with van der Waals surface area (Å²) in [6, 6.07) is 12.6. The summed E-state index contributed by atoms with van der Waals surface area (Å²) >= 11 is 0. The van der Waals surface area contributed by atoms with E-state index in [1.54, 1.807) is 44.3 Å². The number of pyridine rings is 1. The predicted molar refractivity (Wildman–Crippen MR) is 102 cm³/mol. The van der Waals surface area contributed by atoms with Crippen molar-refractivity contribution in [3.8, 4) is 22.9 Å². The monoisotopic (exact) mass is 377 g/mol. The van der Waals surface area contributed by atoms with Gasteiger partial charge in [0.2, 0.25) is 5.91 Å². The average molecular weight is 377 g/mol. The number of hydrogen-bond acceptors (Lipinski definition) is 5. The molecule has 2 heterocycles. The van der Waals surface area contributed by atoms with E-state index in [0.29, 0.717) is 23.0 Å². The quantitative estimate of drug-likeness (QED) is 0.629. The van der Waals surface area contributed by atoms with Gasteiger partial charge in [0.1, 0.15) is 5.69 Å². The van der Waals surface area contributed by atoms with Crippen LogP contribution in [0, 0.1) is 17.3 Å². The normalized spacial score (nSPS) is 19.8. The number of hydrogen-bond donors (Lipinski definition) is 3. The molecule has 1 aliphatic rings. The van der Waals surface area contributed by atoms with E-state index in [9.17, 15) is 14.7 Å². The van der Waals surface area contributed by atoms with Gasteiger partial charge in [-0.2, -0.15) is 5.10 Å². The molecule has 2 atom stereocenters. The van der Waals surface area contributed by atoms with Crippen LogP contribution >= 0.6 is 0 Å². The molecule has 0 radical (unpaired) electrons. The Bertz CT molecular complexity index is 1030. The Labute approximate surface area is 161 Å². The van der Waals surface area contributed by atoms with Gasteiger partial charge in [-0.3, -0.25) is 19.7 Å². The number of aromatic amines is 1. The fourth-order valence-electron chi connectivity index (χ4n) is 3.52.